The predicted octanol–water partition coefficient (Wildman–Crippen LogP) is 2.29. The second kappa shape index (κ2) is 6.23. The van der Waals surface area contributed by atoms with Crippen LogP contribution in [-0.2, 0) is 0 Å². The summed E-state index contributed by atoms with van der Waals surface area (Å²) in [5.41, 5.74) is 1.39. The molecule has 0 fully saturated rings. The van der Waals surface area contributed by atoms with E-state index in [1.807, 2.05) is 6.07 Å². The lowest BCUT2D eigenvalue weighted by Crippen LogP contribution is -2.28. The number of nitrogens with zero attached hydrogens (tertiary/aromatic N) is 1. The molecule has 0 saturated carbocycles. The number of amides is 1. The minimum Gasteiger partial charge on any atom is -0.382 e. The molecule has 0 radical (unpaired) electrons. The van der Waals surface area contributed by atoms with Crippen LogP contribution in [0.15, 0.2) is 18.3 Å². The second-order valence-corrected chi connectivity index (χ2v) is 4.84. The topological polar surface area (TPSA) is 54.0 Å². The summed E-state index contributed by atoms with van der Waals surface area (Å²) in [4.78, 5) is 15.8. The molecule has 4 nitrogen and oxygen atoms in total. The Labute approximate surface area is 103 Å². The Kier molecular flexibility index (Phi) is 4.94. The quantitative estimate of drug-likeness (QED) is 0.823. The summed E-state index contributed by atoms with van der Waals surface area (Å²) in [6.45, 7) is 8.91. The van der Waals surface area contributed by atoms with Crippen LogP contribution in [0.2, 0.25) is 0 Å². The molecule has 0 bridgehead atoms. The molecule has 1 heterocycles. The molecule has 1 rings (SSSR count). The number of pyridine rings is 1. The Morgan fingerprint density at radius 1 is 1.29 bits per heavy atom. The average Bonchev–Trinajstić information content (AvgIpc) is 2.26. The number of carbonyl (C=O) groups is 1. The number of hydrogen-bond acceptors (Lipinski definition) is 3. The molecule has 0 atom stereocenters. The largest absolute Gasteiger partial charge is 0.382 e. The predicted molar refractivity (Wildman–Crippen MR) is 70.2 cm³/mol. The average molecular weight is 235 g/mol. The number of aromatic nitrogens is 1. The SMILES string of the molecule is CC(C)CNC(=O)c1ccc(NC(C)C)cn1. The standard InChI is InChI=1S/C13H21N3O/c1-9(2)7-15-13(17)12-6-5-11(8-14-12)16-10(3)4/h5-6,8-10,16H,7H2,1-4H3,(H,15,17). The highest BCUT2D eigenvalue weighted by molar-refractivity contribution is 5.92. The third kappa shape index (κ3) is 4.85. The lowest BCUT2D eigenvalue weighted by molar-refractivity contribution is 0.0944. The number of rotatable bonds is 5. The van der Waals surface area contributed by atoms with E-state index in [1.165, 1.54) is 0 Å². The van der Waals surface area contributed by atoms with Crippen molar-refractivity contribution in [1.82, 2.24) is 10.3 Å². The van der Waals surface area contributed by atoms with Gasteiger partial charge < -0.3 is 10.6 Å². The summed E-state index contributed by atoms with van der Waals surface area (Å²) in [5.74, 6) is 0.329. The monoisotopic (exact) mass is 235 g/mol. The zero-order valence-corrected chi connectivity index (χ0v) is 10.9. The first kappa shape index (κ1) is 13.5. The summed E-state index contributed by atoms with van der Waals surface area (Å²) in [6, 6.07) is 3.97. The number of hydrogen-bond donors (Lipinski definition) is 2. The van der Waals surface area contributed by atoms with E-state index in [4.69, 9.17) is 0 Å². The van der Waals surface area contributed by atoms with Gasteiger partial charge in [0.05, 0.1) is 11.9 Å². The van der Waals surface area contributed by atoms with Crippen molar-refractivity contribution in [2.45, 2.75) is 33.7 Å². The van der Waals surface area contributed by atoms with Crippen LogP contribution < -0.4 is 10.6 Å². The van der Waals surface area contributed by atoms with E-state index in [2.05, 4.69) is 43.3 Å². The van der Waals surface area contributed by atoms with Gasteiger partial charge in [0.2, 0.25) is 0 Å². The van der Waals surface area contributed by atoms with Gasteiger partial charge in [0.15, 0.2) is 0 Å². The van der Waals surface area contributed by atoms with E-state index in [9.17, 15) is 4.79 Å². The summed E-state index contributed by atoms with van der Waals surface area (Å²) in [7, 11) is 0. The molecule has 1 aromatic rings. The Hall–Kier alpha value is -1.58. The van der Waals surface area contributed by atoms with Crippen molar-refractivity contribution in [2.75, 3.05) is 11.9 Å². The van der Waals surface area contributed by atoms with Crippen molar-refractivity contribution in [3.8, 4) is 0 Å². The first-order valence-corrected chi connectivity index (χ1v) is 6.00. The minimum absolute atomic E-state index is 0.116. The van der Waals surface area contributed by atoms with Crippen LogP contribution in [0, 0.1) is 5.92 Å². The van der Waals surface area contributed by atoms with Gasteiger partial charge in [0.1, 0.15) is 5.69 Å². The maximum absolute atomic E-state index is 11.7. The normalized spacial score (nSPS) is 10.7. The molecule has 17 heavy (non-hydrogen) atoms. The highest BCUT2D eigenvalue weighted by Crippen LogP contribution is 2.07. The first-order valence-electron chi connectivity index (χ1n) is 6.00. The fraction of sp³-hybridized carbons (Fsp3) is 0.538. The molecule has 0 spiro atoms. The Morgan fingerprint density at radius 2 is 2.00 bits per heavy atom. The smallest absolute Gasteiger partial charge is 0.269 e. The molecule has 0 aliphatic rings. The zero-order valence-electron chi connectivity index (χ0n) is 10.9. The van der Waals surface area contributed by atoms with Gasteiger partial charge in [-0.15, -0.1) is 0 Å². The third-order valence-electron chi connectivity index (χ3n) is 2.12. The van der Waals surface area contributed by atoms with Crippen molar-refractivity contribution in [2.24, 2.45) is 5.92 Å². The number of anilines is 1. The van der Waals surface area contributed by atoms with Gasteiger partial charge in [-0.25, -0.2) is 4.98 Å². The molecular weight excluding hydrogens is 214 g/mol. The van der Waals surface area contributed by atoms with Gasteiger partial charge in [-0.3, -0.25) is 4.79 Å². The van der Waals surface area contributed by atoms with Gasteiger partial charge >= 0.3 is 0 Å². The second-order valence-electron chi connectivity index (χ2n) is 4.84. The van der Waals surface area contributed by atoms with Crippen LogP contribution in [0.1, 0.15) is 38.2 Å². The van der Waals surface area contributed by atoms with Crippen LogP contribution in [0.25, 0.3) is 0 Å². The van der Waals surface area contributed by atoms with Crippen LogP contribution in [0.4, 0.5) is 5.69 Å². The van der Waals surface area contributed by atoms with E-state index < -0.39 is 0 Å². The molecule has 4 heteroatoms. The van der Waals surface area contributed by atoms with Crippen molar-refractivity contribution in [3.63, 3.8) is 0 Å². The van der Waals surface area contributed by atoms with Gasteiger partial charge in [-0.05, 0) is 31.9 Å². The Morgan fingerprint density at radius 3 is 2.47 bits per heavy atom. The summed E-state index contributed by atoms with van der Waals surface area (Å²) in [6.07, 6.45) is 1.68. The minimum atomic E-state index is -0.116. The van der Waals surface area contributed by atoms with E-state index >= 15 is 0 Å². The van der Waals surface area contributed by atoms with Crippen LogP contribution >= 0.6 is 0 Å². The Balaban J connectivity index is 2.57. The van der Waals surface area contributed by atoms with Crippen molar-refractivity contribution in [3.05, 3.63) is 24.0 Å². The van der Waals surface area contributed by atoms with Crippen LogP contribution in [0.3, 0.4) is 0 Å². The highest BCUT2D eigenvalue weighted by atomic mass is 16.1. The first-order chi connectivity index (χ1) is 7.99. The van der Waals surface area contributed by atoms with Crippen molar-refractivity contribution >= 4 is 11.6 Å². The third-order valence-corrected chi connectivity index (χ3v) is 2.12. The summed E-state index contributed by atoms with van der Waals surface area (Å²) < 4.78 is 0. The van der Waals surface area contributed by atoms with E-state index in [-0.39, 0.29) is 5.91 Å². The van der Waals surface area contributed by atoms with E-state index in [1.54, 1.807) is 12.3 Å². The zero-order chi connectivity index (χ0) is 12.8. The molecule has 1 aromatic heterocycles. The molecule has 0 aliphatic heterocycles. The molecular formula is C13H21N3O. The summed E-state index contributed by atoms with van der Waals surface area (Å²) >= 11 is 0. The molecule has 0 unspecified atom stereocenters. The lowest BCUT2D eigenvalue weighted by atomic mass is 10.2. The van der Waals surface area contributed by atoms with Crippen molar-refractivity contribution < 1.29 is 4.79 Å². The van der Waals surface area contributed by atoms with Gasteiger partial charge in [0, 0.05) is 12.6 Å². The molecule has 1 amide bonds. The summed E-state index contributed by atoms with van der Waals surface area (Å²) in [5, 5.41) is 6.06. The van der Waals surface area contributed by atoms with Crippen LogP contribution in [0.5, 0.6) is 0 Å². The number of nitrogens with one attached hydrogen (secondary N) is 2. The fourth-order valence-electron chi connectivity index (χ4n) is 1.33. The Bertz CT molecular complexity index is 357. The van der Waals surface area contributed by atoms with Gasteiger partial charge in [0.25, 0.3) is 5.91 Å². The molecule has 2 N–H and O–H groups in total. The van der Waals surface area contributed by atoms with E-state index in [0.717, 1.165) is 5.69 Å². The molecule has 0 aromatic carbocycles. The lowest BCUT2D eigenvalue weighted by Gasteiger charge is -2.10. The van der Waals surface area contributed by atoms with Crippen LogP contribution in [-0.4, -0.2) is 23.5 Å². The fourth-order valence-corrected chi connectivity index (χ4v) is 1.33. The maximum atomic E-state index is 11.7. The number of carbonyl (C=O) groups excluding carboxylic acids is 1. The van der Waals surface area contributed by atoms with E-state index in [0.29, 0.717) is 24.2 Å². The molecule has 0 saturated heterocycles. The highest BCUT2D eigenvalue weighted by Gasteiger charge is 2.07. The van der Waals surface area contributed by atoms with Gasteiger partial charge in [-0.2, -0.15) is 0 Å². The van der Waals surface area contributed by atoms with Crippen molar-refractivity contribution in [1.29, 1.82) is 0 Å². The molecule has 0 aliphatic carbocycles. The van der Waals surface area contributed by atoms with Gasteiger partial charge in [-0.1, -0.05) is 13.8 Å². The maximum Gasteiger partial charge on any atom is 0.269 e. The molecule has 94 valence electrons.